The van der Waals surface area contributed by atoms with Crippen LogP contribution in [0.15, 0.2) is 53.3 Å². The number of carbonyl (C=O) groups is 1. The molecule has 2 rings (SSSR count). The molecular formula is C13H11BrN4OS. The average molecular weight is 351 g/mol. The van der Waals surface area contributed by atoms with Gasteiger partial charge in [0, 0.05) is 22.4 Å². The van der Waals surface area contributed by atoms with Crippen LogP contribution in [0.3, 0.4) is 0 Å². The second-order valence-corrected chi connectivity index (χ2v) is 5.10. The lowest BCUT2D eigenvalue weighted by molar-refractivity contribution is 0.0976. The van der Waals surface area contributed by atoms with Crippen LogP contribution in [-0.2, 0) is 0 Å². The maximum Gasteiger partial charge on any atom is 0.257 e. The van der Waals surface area contributed by atoms with Gasteiger partial charge < -0.3 is 0 Å². The van der Waals surface area contributed by atoms with E-state index in [1.165, 1.54) is 0 Å². The van der Waals surface area contributed by atoms with Crippen LogP contribution in [0.2, 0.25) is 0 Å². The van der Waals surface area contributed by atoms with Gasteiger partial charge in [-0.15, -0.1) is 0 Å². The van der Waals surface area contributed by atoms with E-state index in [4.69, 9.17) is 12.2 Å². The summed E-state index contributed by atoms with van der Waals surface area (Å²) in [6.45, 7) is 0. The highest BCUT2D eigenvalue weighted by molar-refractivity contribution is 9.10. The number of halogens is 1. The van der Waals surface area contributed by atoms with Crippen molar-refractivity contribution >= 4 is 44.9 Å². The van der Waals surface area contributed by atoms with Gasteiger partial charge in [0.15, 0.2) is 5.11 Å². The van der Waals surface area contributed by atoms with E-state index in [1.807, 2.05) is 24.3 Å². The highest BCUT2D eigenvalue weighted by Crippen LogP contribution is 2.13. The van der Waals surface area contributed by atoms with Crippen LogP contribution in [0.1, 0.15) is 10.4 Å². The van der Waals surface area contributed by atoms with Gasteiger partial charge in [-0.25, -0.2) is 0 Å². The van der Waals surface area contributed by atoms with Crippen LogP contribution in [0, 0.1) is 0 Å². The number of carbonyl (C=O) groups excluding carboxylic acids is 1. The Morgan fingerprint density at radius 2 is 1.75 bits per heavy atom. The predicted molar refractivity (Wildman–Crippen MR) is 85.2 cm³/mol. The third kappa shape index (κ3) is 4.29. The topological polar surface area (TPSA) is 66.1 Å². The number of amides is 1. The highest BCUT2D eigenvalue weighted by Gasteiger charge is 2.06. The van der Waals surface area contributed by atoms with Crippen LogP contribution in [-0.4, -0.2) is 16.0 Å². The number of rotatable bonds is 3. The summed E-state index contributed by atoms with van der Waals surface area (Å²) in [6.07, 6.45) is 3.09. The van der Waals surface area contributed by atoms with Gasteiger partial charge in [0.1, 0.15) is 0 Å². The van der Waals surface area contributed by atoms with Gasteiger partial charge in [0.2, 0.25) is 0 Å². The Bertz CT molecular complexity index is 604. The van der Waals surface area contributed by atoms with E-state index in [2.05, 4.69) is 37.1 Å². The van der Waals surface area contributed by atoms with Crippen molar-refractivity contribution < 1.29 is 4.79 Å². The number of nitrogens with zero attached hydrogens (tertiary/aromatic N) is 1. The minimum absolute atomic E-state index is 0.190. The summed E-state index contributed by atoms with van der Waals surface area (Å²) in [7, 11) is 0. The minimum atomic E-state index is -0.289. The van der Waals surface area contributed by atoms with Crippen molar-refractivity contribution in [1.29, 1.82) is 0 Å². The molecule has 5 nitrogen and oxygen atoms in total. The average Bonchev–Trinajstić information content (AvgIpc) is 2.47. The Hall–Kier alpha value is -1.99. The first kappa shape index (κ1) is 14.4. The predicted octanol–water partition coefficient (Wildman–Crippen LogP) is 2.48. The Kier molecular flexibility index (Phi) is 5.03. The summed E-state index contributed by atoms with van der Waals surface area (Å²) < 4.78 is 0.983. The van der Waals surface area contributed by atoms with E-state index in [9.17, 15) is 4.79 Å². The highest BCUT2D eigenvalue weighted by atomic mass is 79.9. The molecule has 0 aliphatic carbocycles. The number of hydrogen-bond donors (Lipinski definition) is 3. The van der Waals surface area contributed by atoms with E-state index >= 15 is 0 Å². The Balaban J connectivity index is 1.84. The van der Waals surface area contributed by atoms with E-state index < -0.39 is 0 Å². The van der Waals surface area contributed by atoms with Gasteiger partial charge >= 0.3 is 0 Å². The van der Waals surface area contributed by atoms with Crippen LogP contribution in [0.25, 0.3) is 0 Å². The summed E-state index contributed by atoms with van der Waals surface area (Å²) in [5.74, 6) is -0.289. The summed E-state index contributed by atoms with van der Waals surface area (Å²) in [5, 5.41) is 2.75. The first-order valence-electron chi connectivity index (χ1n) is 5.68. The molecule has 1 amide bonds. The number of thiocarbonyl (C=S) groups is 1. The molecule has 0 spiro atoms. The maximum absolute atomic E-state index is 11.8. The molecule has 1 heterocycles. The molecule has 20 heavy (non-hydrogen) atoms. The molecule has 102 valence electrons. The Labute approximate surface area is 129 Å². The zero-order chi connectivity index (χ0) is 14.4. The number of aromatic nitrogens is 1. The van der Waals surface area contributed by atoms with Crippen molar-refractivity contribution in [3.05, 3.63) is 58.8 Å². The largest absolute Gasteiger partial charge is 0.299 e. The Morgan fingerprint density at radius 3 is 2.40 bits per heavy atom. The number of hydrogen-bond acceptors (Lipinski definition) is 4. The number of nitrogens with one attached hydrogen (secondary N) is 3. The van der Waals surface area contributed by atoms with Gasteiger partial charge in [-0.3, -0.25) is 25.9 Å². The van der Waals surface area contributed by atoms with Crippen molar-refractivity contribution in [3.8, 4) is 0 Å². The number of benzene rings is 1. The number of hydrazine groups is 1. The van der Waals surface area contributed by atoms with Gasteiger partial charge in [-0.2, -0.15) is 0 Å². The van der Waals surface area contributed by atoms with Crippen molar-refractivity contribution in [2.24, 2.45) is 0 Å². The lowest BCUT2D eigenvalue weighted by Gasteiger charge is -2.11. The molecule has 0 bridgehead atoms. The fraction of sp³-hybridized carbons (Fsp3) is 0. The summed E-state index contributed by atoms with van der Waals surface area (Å²) in [4.78, 5) is 15.7. The van der Waals surface area contributed by atoms with E-state index in [-0.39, 0.29) is 11.0 Å². The monoisotopic (exact) mass is 350 g/mol. The molecule has 7 heteroatoms. The molecule has 0 radical (unpaired) electrons. The second kappa shape index (κ2) is 6.97. The number of pyridine rings is 1. The van der Waals surface area contributed by atoms with Crippen molar-refractivity contribution in [2.45, 2.75) is 0 Å². The SMILES string of the molecule is O=C(NC(=S)NNc1ccc(Br)cc1)c1ccncc1. The molecule has 0 aliphatic heterocycles. The molecule has 0 saturated heterocycles. The lowest BCUT2D eigenvalue weighted by Crippen LogP contribution is -2.41. The summed E-state index contributed by atoms with van der Waals surface area (Å²) >= 11 is 8.37. The molecule has 1 aromatic carbocycles. The molecular weight excluding hydrogens is 340 g/mol. The third-order valence-electron chi connectivity index (χ3n) is 2.33. The fourth-order valence-electron chi connectivity index (χ4n) is 1.37. The number of anilines is 1. The smallest absolute Gasteiger partial charge is 0.257 e. The zero-order valence-electron chi connectivity index (χ0n) is 10.3. The fourth-order valence-corrected chi connectivity index (χ4v) is 1.78. The van der Waals surface area contributed by atoms with Gasteiger partial charge in [-0.05, 0) is 48.6 Å². The molecule has 0 fully saturated rings. The zero-order valence-corrected chi connectivity index (χ0v) is 12.7. The molecule has 2 aromatic rings. The first-order chi connectivity index (χ1) is 9.65. The normalized spacial score (nSPS) is 9.65. The molecule has 1 aromatic heterocycles. The molecule has 0 unspecified atom stereocenters. The van der Waals surface area contributed by atoms with Gasteiger partial charge in [-0.1, -0.05) is 15.9 Å². The van der Waals surface area contributed by atoms with E-state index in [1.54, 1.807) is 24.5 Å². The first-order valence-corrected chi connectivity index (χ1v) is 6.88. The van der Waals surface area contributed by atoms with Crippen molar-refractivity contribution in [3.63, 3.8) is 0 Å². The molecule has 3 N–H and O–H groups in total. The minimum Gasteiger partial charge on any atom is -0.299 e. The lowest BCUT2D eigenvalue weighted by atomic mass is 10.2. The van der Waals surface area contributed by atoms with Crippen LogP contribution in [0.5, 0.6) is 0 Å². The summed E-state index contributed by atoms with van der Waals surface area (Å²) in [6, 6.07) is 10.7. The Morgan fingerprint density at radius 1 is 1.10 bits per heavy atom. The van der Waals surface area contributed by atoms with Crippen molar-refractivity contribution in [1.82, 2.24) is 15.7 Å². The second-order valence-electron chi connectivity index (χ2n) is 3.78. The van der Waals surface area contributed by atoms with Crippen LogP contribution < -0.4 is 16.2 Å². The molecule has 0 saturated carbocycles. The summed E-state index contributed by atoms with van der Waals surface area (Å²) in [5.41, 5.74) is 6.95. The standard InChI is InChI=1S/C13H11BrN4OS/c14-10-1-3-11(4-2-10)17-18-13(20)16-12(19)9-5-7-15-8-6-9/h1-8,17H,(H2,16,18,19,20). The maximum atomic E-state index is 11.8. The van der Waals surface area contributed by atoms with Crippen LogP contribution in [0.4, 0.5) is 5.69 Å². The van der Waals surface area contributed by atoms with Gasteiger partial charge in [0.25, 0.3) is 5.91 Å². The molecule has 0 aliphatic rings. The quantitative estimate of drug-likeness (QED) is 0.586. The third-order valence-corrected chi connectivity index (χ3v) is 3.07. The molecule has 0 atom stereocenters. The van der Waals surface area contributed by atoms with Gasteiger partial charge in [0.05, 0.1) is 5.69 Å². The van der Waals surface area contributed by atoms with E-state index in [0.29, 0.717) is 5.56 Å². The van der Waals surface area contributed by atoms with Crippen molar-refractivity contribution in [2.75, 3.05) is 5.43 Å². The van der Waals surface area contributed by atoms with Crippen LogP contribution >= 0.6 is 28.1 Å². The van der Waals surface area contributed by atoms with E-state index in [0.717, 1.165) is 10.2 Å².